The van der Waals surface area contributed by atoms with Crippen molar-refractivity contribution < 1.29 is 28.3 Å². The lowest BCUT2D eigenvalue weighted by Crippen LogP contribution is -2.34. The topological polar surface area (TPSA) is 93.1 Å². The number of furan rings is 2. The van der Waals surface area contributed by atoms with E-state index in [1.54, 1.807) is 18.2 Å². The zero-order valence-electron chi connectivity index (χ0n) is 14.0. The molecule has 7 nitrogen and oxygen atoms in total. The van der Waals surface area contributed by atoms with Crippen molar-refractivity contribution in [1.29, 1.82) is 0 Å². The Kier molecular flexibility index (Phi) is 4.76. The minimum atomic E-state index is -0.823. The number of hydrogen-bond acceptors (Lipinski definition) is 6. The van der Waals surface area contributed by atoms with Crippen LogP contribution in [-0.4, -0.2) is 41.0 Å². The second kappa shape index (κ2) is 6.98. The smallest absolute Gasteiger partial charge is 0.290 e. The molecule has 3 rings (SSSR count). The van der Waals surface area contributed by atoms with E-state index in [4.69, 9.17) is 13.6 Å². The van der Waals surface area contributed by atoms with Gasteiger partial charge in [0.15, 0.2) is 11.5 Å². The van der Waals surface area contributed by atoms with Gasteiger partial charge in [0.2, 0.25) is 5.78 Å². The Balaban J connectivity index is 1.94. The van der Waals surface area contributed by atoms with Gasteiger partial charge < -0.3 is 23.6 Å². The van der Waals surface area contributed by atoms with Crippen LogP contribution < -0.4 is 0 Å². The molecule has 0 saturated carbocycles. The van der Waals surface area contributed by atoms with Crippen molar-refractivity contribution in [2.45, 2.75) is 26.0 Å². The van der Waals surface area contributed by atoms with E-state index in [9.17, 15) is 14.7 Å². The molecule has 0 spiro atoms. The fourth-order valence-electron chi connectivity index (χ4n) is 2.79. The van der Waals surface area contributed by atoms with E-state index >= 15 is 0 Å². The Morgan fingerprint density at radius 1 is 1.28 bits per heavy atom. The Hall–Kier alpha value is -2.80. The van der Waals surface area contributed by atoms with E-state index in [-0.39, 0.29) is 30.6 Å². The van der Waals surface area contributed by atoms with Gasteiger partial charge in [-0.1, -0.05) is 0 Å². The molecule has 7 heteroatoms. The van der Waals surface area contributed by atoms with Crippen LogP contribution in [0.25, 0.3) is 0 Å². The zero-order chi connectivity index (χ0) is 18.0. The van der Waals surface area contributed by atoms with Crippen molar-refractivity contribution in [3.05, 3.63) is 59.6 Å². The summed E-state index contributed by atoms with van der Waals surface area (Å²) in [6.45, 7) is 4.26. The number of carbonyl (C=O) groups is 2. The summed E-state index contributed by atoms with van der Waals surface area (Å²) < 4.78 is 16.0. The number of ether oxygens (including phenoxy) is 1. The van der Waals surface area contributed by atoms with Crippen molar-refractivity contribution in [2.75, 3.05) is 13.2 Å². The molecule has 0 radical (unpaired) electrons. The highest BCUT2D eigenvalue weighted by molar-refractivity contribution is 6.14. The van der Waals surface area contributed by atoms with Crippen LogP contribution in [0.1, 0.15) is 36.2 Å². The Morgan fingerprint density at radius 2 is 2.00 bits per heavy atom. The van der Waals surface area contributed by atoms with Crippen LogP contribution in [0.2, 0.25) is 0 Å². The first-order chi connectivity index (χ1) is 12.0. The molecule has 3 heterocycles. The number of carbonyl (C=O) groups excluding carboxylic acids is 2. The molecule has 0 aromatic carbocycles. The van der Waals surface area contributed by atoms with Crippen molar-refractivity contribution in [3.8, 4) is 0 Å². The van der Waals surface area contributed by atoms with E-state index < -0.39 is 23.5 Å². The summed E-state index contributed by atoms with van der Waals surface area (Å²) in [5.41, 5.74) is -0.0561. The van der Waals surface area contributed by atoms with Crippen molar-refractivity contribution in [1.82, 2.24) is 4.90 Å². The minimum Gasteiger partial charge on any atom is -0.503 e. The monoisotopic (exact) mass is 345 g/mol. The number of amides is 1. The van der Waals surface area contributed by atoms with Crippen LogP contribution in [0.3, 0.4) is 0 Å². The predicted octanol–water partition coefficient (Wildman–Crippen LogP) is 2.88. The standard InChI is InChI=1S/C18H19NO6/c1-11(2)23-10-7-19-15(12-5-3-8-24-12)14(17(21)18(19)22)16(20)13-6-4-9-25-13/h3-6,8-9,11,15,21H,7,10H2,1-2H3. The lowest BCUT2D eigenvalue weighted by atomic mass is 10.00. The van der Waals surface area contributed by atoms with Crippen LogP contribution >= 0.6 is 0 Å². The van der Waals surface area contributed by atoms with Gasteiger partial charge in [0.05, 0.1) is 30.8 Å². The molecule has 0 bridgehead atoms. The summed E-state index contributed by atoms with van der Waals surface area (Å²) in [5.74, 6) is -1.34. The Labute approximate surface area is 144 Å². The van der Waals surface area contributed by atoms with Gasteiger partial charge in [0.1, 0.15) is 11.8 Å². The van der Waals surface area contributed by atoms with Crippen molar-refractivity contribution in [2.24, 2.45) is 0 Å². The van der Waals surface area contributed by atoms with E-state index in [2.05, 4.69) is 0 Å². The van der Waals surface area contributed by atoms with E-state index in [0.717, 1.165) is 0 Å². The molecule has 1 unspecified atom stereocenters. The highest BCUT2D eigenvalue weighted by Gasteiger charge is 2.45. The van der Waals surface area contributed by atoms with Crippen LogP contribution in [0.4, 0.5) is 0 Å². The largest absolute Gasteiger partial charge is 0.503 e. The lowest BCUT2D eigenvalue weighted by Gasteiger charge is -2.25. The molecule has 0 saturated heterocycles. The number of aliphatic hydroxyl groups is 1. The molecular formula is C18H19NO6. The van der Waals surface area contributed by atoms with E-state index in [1.807, 2.05) is 13.8 Å². The van der Waals surface area contributed by atoms with E-state index in [1.165, 1.54) is 23.5 Å². The maximum atomic E-state index is 12.7. The normalized spacial score (nSPS) is 17.8. The first-order valence-corrected chi connectivity index (χ1v) is 7.98. The number of nitrogens with zero attached hydrogens (tertiary/aromatic N) is 1. The quantitative estimate of drug-likeness (QED) is 0.776. The second-order valence-corrected chi connectivity index (χ2v) is 5.90. The molecule has 2 aromatic heterocycles. The van der Waals surface area contributed by atoms with Gasteiger partial charge >= 0.3 is 0 Å². The molecule has 1 atom stereocenters. The van der Waals surface area contributed by atoms with Gasteiger partial charge in [-0.25, -0.2) is 0 Å². The maximum Gasteiger partial charge on any atom is 0.290 e. The highest BCUT2D eigenvalue weighted by Crippen LogP contribution is 2.38. The van der Waals surface area contributed by atoms with Crippen molar-refractivity contribution in [3.63, 3.8) is 0 Å². The summed E-state index contributed by atoms with van der Waals surface area (Å²) in [4.78, 5) is 26.6. The van der Waals surface area contributed by atoms with Crippen molar-refractivity contribution >= 4 is 11.7 Å². The summed E-state index contributed by atoms with van der Waals surface area (Å²) in [6, 6.07) is 5.54. The summed E-state index contributed by atoms with van der Waals surface area (Å²) in [5, 5.41) is 10.3. The molecule has 0 fully saturated rings. The van der Waals surface area contributed by atoms with Crippen LogP contribution in [0.5, 0.6) is 0 Å². The molecule has 2 aromatic rings. The third-order valence-corrected chi connectivity index (χ3v) is 3.89. The average molecular weight is 345 g/mol. The molecule has 0 aliphatic carbocycles. The summed E-state index contributed by atoms with van der Waals surface area (Å²) >= 11 is 0. The van der Waals surface area contributed by atoms with Gasteiger partial charge in [0.25, 0.3) is 5.91 Å². The number of rotatable bonds is 7. The fourth-order valence-corrected chi connectivity index (χ4v) is 2.79. The maximum absolute atomic E-state index is 12.7. The third-order valence-electron chi connectivity index (χ3n) is 3.89. The van der Waals surface area contributed by atoms with Gasteiger partial charge in [0, 0.05) is 6.54 Å². The number of hydrogen-bond donors (Lipinski definition) is 1. The fraction of sp³-hybridized carbons (Fsp3) is 0.333. The van der Waals surface area contributed by atoms with Crippen LogP contribution in [-0.2, 0) is 9.53 Å². The third kappa shape index (κ3) is 3.23. The molecular weight excluding hydrogens is 326 g/mol. The summed E-state index contributed by atoms with van der Waals surface area (Å²) in [6.07, 6.45) is 2.82. The molecule has 132 valence electrons. The Morgan fingerprint density at radius 3 is 2.60 bits per heavy atom. The minimum absolute atomic E-state index is 0.00513. The first-order valence-electron chi connectivity index (χ1n) is 7.98. The molecule has 25 heavy (non-hydrogen) atoms. The Bertz CT molecular complexity index is 773. The zero-order valence-corrected chi connectivity index (χ0v) is 14.0. The molecule has 1 aliphatic heterocycles. The number of aliphatic hydroxyl groups excluding tert-OH is 1. The first kappa shape index (κ1) is 17.0. The van der Waals surface area contributed by atoms with Gasteiger partial charge in [-0.15, -0.1) is 0 Å². The van der Waals surface area contributed by atoms with Gasteiger partial charge in [-0.3, -0.25) is 9.59 Å². The summed E-state index contributed by atoms with van der Waals surface area (Å²) in [7, 11) is 0. The molecule has 1 N–H and O–H groups in total. The van der Waals surface area contributed by atoms with E-state index in [0.29, 0.717) is 5.76 Å². The second-order valence-electron chi connectivity index (χ2n) is 5.90. The highest BCUT2D eigenvalue weighted by atomic mass is 16.5. The predicted molar refractivity (Wildman–Crippen MR) is 86.9 cm³/mol. The van der Waals surface area contributed by atoms with Gasteiger partial charge in [-0.2, -0.15) is 0 Å². The lowest BCUT2D eigenvalue weighted by molar-refractivity contribution is -0.130. The average Bonchev–Trinajstić information content (AvgIpc) is 3.31. The molecule has 1 aliphatic rings. The van der Waals surface area contributed by atoms with Crippen LogP contribution in [0, 0.1) is 0 Å². The van der Waals surface area contributed by atoms with Gasteiger partial charge in [-0.05, 0) is 38.1 Å². The SMILES string of the molecule is CC(C)OCCN1C(=O)C(O)=C(C(=O)c2ccco2)C1c1ccco1. The van der Waals surface area contributed by atoms with Crippen LogP contribution in [0.15, 0.2) is 57.0 Å². The molecule has 1 amide bonds. The number of Topliss-reactive ketones (excluding diaryl/α,β-unsaturated/α-hetero) is 1. The number of ketones is 1.